The molecule has 1 aromatic carbocycles. The minimum atomic E-state index is -0.410. The first-order chi connectivity index (χ1) is 12.4. The van der Waals surface area contributed by atoms with Gasteiger partial charge in [-0.15, -0.1) is 0 Å². The number of hydrogen-bond donors (Lipinski definition) is 1. The molecule has 0 aliphatic carbocycles. The minimum absolute atomic E-state index is 0.0533. The van der Waals surface area contributed by atoms with Gasteiger partial charge in [-0.2, -0.15) is 15.1 Å². The molecule has 130 valence electrons. The number of aliphatic imine (C=N–C) groups is 1. The maximum absolute atomic E-state index is 12.4. The second-order valence-electron chi connectivity index (χ2n) is 6.29. The number of amidine groups is 2. The maximum Gasteiger partial charge on any atom is 0.283 e. The molecular formula is C19H17N5OS. The van der Waals surface area contributed by atoms with Crippen LogP contribution in [-0.4, -0.2) is 31.5 Å². The van der Waals surface area contributed by atoms with Crippen molar-refractivity contribution in [2.24, 2.45) is 10.1 Å². The Morgan fingerprint density at radius 1 is 1.15 bits per heavy atom. The third-order valence-electron chi connectivity index (χ3n) is 4.11. The van der Waals surface area contributed by atoms with E-state index >= 15 is 0 Å². The summed E-state index contributed by atoms with van der Waals surface area (Å²) in [5.74, 6) is -0.357. The summed E-state index contributed by atoms with van der Waals surface area (Å²) in [7, 11) is 0. The molecule has 2 aliphatic rings. The summed E-state index contributed by atoms with van der Waals surface area (Å²) in [6.07, 6.45) is 3.65. The van der Waals surface area contributed by atoms with Crippen LogP contribution < -0.4 is 0 Å². The van der Waals surface area contributed by atoms with E-state index in [-0.39, 0.29) is 11.4 Å². The van der Waals surface area contributed by atoms with Gasteiger partial charge in [-0.05, 0) is 74.0 Å². The molecule has 0 saturated carbocycles. The van der Waals surface area contributed by atoms with E-state index in [4.69, 9.17) is 5.41 Å². The van der Waals surface area contributed by atoms with Crippen molar-refractivity contribution in [3.05, 3.63) is 58.9 Å². The van der Waals surface area contributed by atoms with Crippen molar-refractivity contribution in [3.8, 4) is 5.69 Å². The van der Waals surface area contributed by atoms with Gasteiger partial charge in [0.05, 0.1) is 10.6 Å². The lowest BCUT2D eigenvalue weighted by molar-refractivity contribution is -0.114. The van der Waals surface area contributed by atoms with Gasteiger partial charge >= 0.3 is 0 Å². The van der Waals surface area contributed by atoms with Crippen molar-refractivity contribution in [1.29, 1.82) is 5.41 Å². The number of benzene rings is 1. The van der Waals surface area contributed by atoms with Crippen LogP contribution in [0.25, 0.3) is 11.8 Å². The number of fused-ring (bicyclic) bond motifs is 1. The van der Waals surface area contributed by atoms with Crippen LogP contribution in [0.5, 0.6) is 0 Å². The van der Waals surface area contributed by atoms with Crippen LogP contribution in [-0.2, 0) is 4.79 Å². The molecule has 0 fully saturated rings. The number of aromatic nitrogens is 1. The zero-order valence-corrected chi connectivity index (χ0v) is 15.5. The Labute approximate surface area is 155 Å². The van der Waals surface area contributed by atoms with Crippen LogP contribution in [0.1, 0.15) is 23.7 Å². The summed E-state index contributed by atoms with van der Waals surface area (Å²) >= 11 is 1.30. The number of nitrogens with zero attached hydrogens (tertiary/aromatic N) is 4. The maximum atomic E-state index is 12.4. The molecular weight excluding hydrogens is 346 g/mol. The van der Waals surface area contributed by atoms with Gasteiger partial charge in [0.25, 0.3) is 5.91 Å². The number of rotatable bonds is 2. The van der Waals surface area contributed by atoms with Crippen LogP contribution >= 0.6 is 11.8 Å². The van der Waals surface area contributed by atoms with Crippen molar-refractivity contribution < 1.29 is 4.79 Å². The smallest absolute Gasteiger partial charge is 0.283 e. The van der Waals surface area contributed by atoms with Crippen molar-refractivity contribution in [3.63, 3.8) is 0 Å². The fourth-order valence-corrected chi connectivity index (χ4v) is 3.81. The summed E-state index contributed by atoms with van der Waals surface area (Å²) in [5.41, 5.74) is 4.40. The number of hydrogen-bond acceptors (Lipinski definition) is 4. The Balaban J connectivity index is 1.78. The topological polar surface area (TPSA) is 73.8 Å². The molecule has 2 aliphatic heterocycles. The molecule has 7 heteroatoms. The molecule has 0 radical (unpaired) electrons. The van der Waals surface area contributed by atoms with Crippen molar-refractivity contribution in [1.82, 2.24) is 9.58 Å². The molecule has 0 bridgehead atoms. The molecule has 2 aromatic rings. The molecule has 6 nitrogen and oxygen atoms in total. The predicted molar refractivity (Wildman–Crippen MR) is 106 cm³/mol. The zero-order valence-electron chi connectivity index (χ0n) is 14.6. The molecule has 3 heterocycles. The van der Waals surface area contributed by atoms with E-state index < -0.39 is 5.91 Å². The Kier molecular flexibility index (Phi) is 3.88. The molecule has 26 heavy (non-hydrogen) atoms. The summed E-state index contributed by atoms with van der Waals surface area (Å²) in [4.78, 5) is 16.5. The van der Waals surface area contributed by atoms with Gasteiger partial charge in [-0.1, -0.05) is 6.07 Å². The minimum Gasteiger partial charge on any atom is -0.317 e. The molecule has 0 saturated heterocycles. The highest BCUT2D eigenvalue weighted by Gasteiger charge is 2.34. The molecule has 1 N–H and O–H groups in total. The van der Waals surface area contributed by atoms with Crippen LogP contribution in [0.4, 0.5) is 0 Å². The molecule has 0 spiro atoms. The number of carbonyl (C=O) groups excluding carboxylic acids is 1. The van der Waals surface area contributed by atoms with Crippen molar-refractivity contribution in [2.45, 2.75) is 20.8 Å². The Bertz CT molecular complexity index is 1020. The lowest BCUT2D eigenvalue weighted by Gasteiger charge is -2.20. The normalized spacial score (nSPS) is 18.3. The number of thioether (sulfide) groups is 1. The van der Waals surface area contributed by atoms with Gasteiger partial charge < -0.3 is 4.57 Å². The van der Waals surface area contributed by atoms with E-state index in [9.17, 15) is 4.79 Å². The van der Waals surface area contributed by atoms with E-state index in [0.29, 0.717) is 5.17 Å². The van der Waals surface area contributed by atoms with E-state index in [1.54, 1.807) is 6.08 Å². The van der Waals surface area contributed by atoms with Crippen molar-refractivity contribution >= 4 is 39.8 Å². The van der Waals surface area contributed by atoms with Gasteiger partial charge in [0.2, 0.25) is 5.17 Å². The monoisotopic (exact) mass is 363 g/mol. The van der Waals surface area contributed by atoms with Gasteiger partial charge in [0, 0.05) is 17.6 Å². The number of hydrazone groups is 1. The Morgan fingerprint density at radius 2 is 1.88 bits per heavy atom. The first kappa shape index (κ1) is 16.5. The van der Waals surface area contributed by atoms with E-state index in [1.807, 2.05) is 29.8 Å². The second kappa shape index (κ2) is 6.10. The molecule has 0 atom stereocenters. The predicted octanol–water partition coefficient (Wildman–Crippen LogP) is 3.73. The Morgan fingerprint density at radius 3 is 2.62 bits per heavy atom. The highest BCUT2D eigenvalue weighted by atomic mass is 32.2. The average Bonchev–Trinajstić information content (AvgIpc) is 3.16. The highest BCUT2D eigenvalue weighted by molar-refractivity contribution is 8.26. The fourth-order valence-electron chi connectivity index (χ4n) is 3.07. The molecule has 4 rings (SSSR count). The quantitative estimate of drug-likeness (QED) is 0.826. The SMILES string of the molecule is CC1=NN2C(=N)/C(=C\c3cccn3-c3cc(C)cc(C)c3)C(=O)N=C2S1. The highest BCUT2D eigenvalue weighted by Crippen LogP contribution is 2.28. The molecule has 0 unspecified atom stereocenters. The van der Waals surface area contributed by atoms with E-state index in [1.165, 1.54) is 27.9 Å². The third kappa shape index (κ3) is 2.80. The number of nitrogens with one attached hydrogen (secondary N) is 1. The average molecular weight is 363 g/mol. The van der Waals surface area contributed by atoms with Crippen LogP contribution in [0.2, 0.25) is 0 Å². The summed E-state index contributed by atoms with van der Waals surface area (Å²) in [6.45, 7) is 5.94. The zero-order chi connectivity index (χ0) is 18.4. The summed E-state index contributed by atoms with van der Waals surface area (Å²) in [5, 5.41) is 15.3. The standard InChI is InChI=1S/C19H17N5OS/c1-11-7-12(2)9-15(8-11)23-6-4-5-14(23)10-16-17(20)24-19(21-18(16)25)26-13(3)22-24/h4-10,20H,1-3H3/b16-10+,20-17?. The lowest BCUT2D eigenvalue weighted by Crippen LogP contribution is -2.35. The third-order valence-corrected chi connectivity index (χ3v) is 4.94. The van der Waals surface area contributed by atoms with Gasteiger partial charge in [0.15, 0.2) is 5.84 Å². The van der Waals surface area contributed by atoms with Gasteiger partial charge in [-0.3, -0.25) is 10.2 Å². The summed E-state index contributed by atoms with van der Waals surface area (Å²) in [6, 6.07) is 10.1. The first-order valence-electron chi connectivity index (χ1n) is 8.15. The fraction of sp³-hybridized carbons (Fsp3) is 0.158. The van der Waals surface area contributed by atoms with Gasteiger partial charge in [-0.25, -0.2) is 0 Å². The number of carbonyl (C=O) groups is 1. The molecule has 1 amide bonds. The molecule has 1 aromatic heterocycles. The van der Waals surface area contributed by atoms with Crippen molar-refractivity contribution in [2.75, 3.05) is 0 Å². The van der Waals surface area contributed by atoms with Crippen LogP contribution in [0.15, 0.2) is 52.2 Å². The van der Waals surface area contributed by atoms with Gasteiger partial charge in [0.1, 0.15) is 0 Å². The summed E-state index contributed by atoms with van der Waals surface area (Å²) < 4.78 is 2.00. The van der Waals surface area contributed by atoms with Crippen LogP contribution in [0, 0.1) is 19.3 Å². The number of amides is 1. The second-order valence-corrected chi connectivity index (χ2v) is 7.45. The van der Waals surface area contributed by atoms with Crippen LogP contribution in [0.3, 0.4) is 0 Å². The largest absolute Gasteiger partial charge is 0.317 e. The van der Waals surface area contributed by atoms with E-state index in [2.05, 4.69) is 42.1 Å². The Hall–Kier alpha value is -2.93. The first-order valence-corrected chi connectivity index (χ1v) is 8.97. The lowest BCUT2D eigenvalue weighted by atomic mass is 10.1. The number of aryl methyl sites for hydroxylation is 2. The van der Waals surface area contributed by atoms with E-state index in [0.717, 1.165) is 16.4 Å².